The number of carboxylic acids is 1. The number of fused-ring (bicyclic) bond motifs is 1. The maximum Gasteiger partial charge on any atom is 0.355 e. The highest BCUT2D eigenvalue weighted by Crippen LogP contribution is 2.25. The SMILES string of the molecule is Nc1nc2ccc(-c3cnn(Cc4ccccc4)c3)c(C(=O)O)n2n1. The molecule has 0 unspecified atom stereocenters. The number of aromatic carboxylic acids is 1. The summed E-state index contributed by atoms with van der Waals surface area (Å²) in [4.78, 5) is 15.8. The third-order valence-corrected chi connectivity index (χ3v) is 3.85. The van der Waals surface area contributed by atoms with Gasteiger partial charge in [0.25, 0.3) is 0 Å². The summed E-state index contributed by atoms with van der Waals surface area (Å²) in [6, 6.07) is 13.3. The van der Waals surface area contributed by atoms with Gasteiger partial charge in [-0.25, -0.2) is 9.31 Å². The Morgan fingerprint density at radius 2 is 1.96 bits per heavy atom. The van der Waals surface area contributed by atoms with Crippen molar-refractivity contribution in [3.05, 3.63) is 66.1 Å². The van der Waals surface area contributed by atoms with Gasteiger partial charge in [0.1, 0.15) is 0 Å². The number of nitrogen functional groups attached to an aromatic ring is 1. The van der Waals surface area contributed by atoms with Gasteiger partial charge >= 0.3 is 5.97 Å². The van der Waals surface area contributed by atoms with E-state index in [1.54, 1.807) is 29.2 Å². The number of nitrogens with zero attached hydrogens (tertiary/aromatic N) is 5. The number of rotatable bonds is 4. The Bertz CT molecular complexity index is 1070. The van der Waals surface area contributed by atoms with E-state index in [9.17, 15) is 9.90 Å². The standard InChI is InChI=1S/C17H14N6O2/c18-17-20-14-7-6-13(15(16(24)25)23(14)21-17)12-8-19-22(10-12)9-11-4-2-1-3-5-11/h1-8,10H,9H2,(H2,18,21)(H,24,25). The van der Waals surface area contributed by atoms with Crippen LogP contribution in [0.1, 0.15) is 16.1 Å². The van der Waals surface area contributed by atoms with Crippen molar-refractivity contribution in [2.45, 2.75) is 6.54 Å². The highest BCUT2D eigenvalue weighted by Gasteiger charge is 2.19. The molecule has 0 aliphatic carbocycles. The predicted molar refractivity (Wildman–Crippen MR) is 91.1 cm³/mol. The van der Waals surface area contributed by atoms with Gasteiger partial charge in [-0.2, -0.15) is 10.1 Å². The molecule has 3 aromatic heterocycles. The maximum atomic E-state index is 11.8. The lowest BCUT2D eigenvalue weighted by Gasteiger charge is -2.05. The van der Waals surface area contributed by atoms with Gasteiger partial charge in [0, 0.05) is 17.3 Å². The number of anilines is 1. The predicted octanol–water partition coefficient (Wildman–Crippen LogP) is 1.92. The van der Waals surface area contributed by atoms with Crippen LogP contribution in [0.25, 0.3) is 16.8 Å². The van der Waals surface area contributed by atoms with Crippen molar-refractivity contribution >= 4 is 17.6 Å². The van der Waals surface area contributed by atoms with Crippen LogP contribution in [-0.2, 0) is 6.54 Å². The van der Waals surface area contributed by atoms with E-state index in [1.807, 2.05) is 30.3 Å². The monoisotopic (exact) mass is 334 g/mol. The van der Waals surface area contributed by atoms with Crippen molar-refractivity contribution < 1.29 is 9.90 Å². The number of benzene rings is 1. The molecule has 3 heterocycles. The molecule has 25 heavy (non-hydrogen) atoms. The highest BCUT2D eigenvalue weighted by molar-refractivity contribution is 5.94. The van der Waals surface area contributed by atoms with E-state index in [2.05, 4.69) is 15.2 Å². The fourth-order valence-electron chi connectivity index (χ4n) is 2.76. The fraction of sp³-hybridized carbons (Fsp3) is 0.0588. The molecule has 0 aliphatic rings. The van der Waals surface area contributed by atoms with Crippen molar-refractivity contribution in [1.29, 1.82) is 0 Å². The second kappa shape index (κ2) is 5.75. The molecule has 0 atom stereocenters. The molecule has 0 radical (unpaired) electrons. The molecule has 0 saturated heterocycles. The van der Waals surface area contributed by atoms with Crippen molar-refractivity contribution in [3.63, 3.8) is 0 Å². The third kappa shape index (κ3) is 2.69. The van der Waals surface area contributed by atoms with Gasteiger partial charge < -0.3 is 10.8 Å². The van der Waals surface area contributed by atoms with Crippen molar-refractivity contribution in [3.8, 4) is 11.1 Å². The van der Waals surface area contributed by atoms with Gasteiger partial charge in [-0.3, -0.25) is 4.68 Å². The number of hydrogen-bond donors (Lipinski definition) is 2. The van der Waals surface area contributed by atoms with Crippen molar-refractivity contribution in [2.24, 2.45) is 0 Å². The molecule has 0 aliphatic heterocycles. The summed E-state index contributed by atoms with van der Waals surface area (Å²) in [6.07, 6.45) is 3.44. The van der Waals surface area contributed by atoms with Gasteiger partial charge in [-0.05, 0) is 17.7 Å². The number of aromatic nitrogens is 5. The van der Waals surface area contributed by atoms with Gasteiger partial charge in [0.2, 0.25) is 5.95 Å². The zero-order valence-corrected chi connectivity index (χ0v) is 13.1. The Hall–Kier alpha value is -3.68. The quantitative estimate of drug-likeness (QED) is 0.590. The minimum Gasteiger partial charge on any atom is -0.476 e. The lowest BCUT2D eigenvalue weighted by molar-refractivity contribution is 0.0688. The summed E-state index contributed by atoms with van der Waals surface area (Å²) in [5.74, 6) is -1.08. The van der Waals surface area contributed by atoms with Crippen LogP contribution in [0.15, 0.2) is 54.9 Å². The van der Waals surface area contributed by atoms with Crippen LogP contribution in [0.3, 0.4) is 0 Å². The summed E-state index contributed by atoms with van der Waals surface area (Å²) in [5, 5.41) is 17.9. The van der Waals surface area contributed by atoms with Gasteiger partial charge in [-0.1, -0.05) is 30.3 Å². The molecule has 4 aromatic rings. The van der Waals surface area contributed by atoms with E-state index in [0.717, 1.165) is 5.56 Å². The molecule has 3 N–H and O–H groups in total. The number of carboxylic acid groups (broad SMARTS) is 1. The highest BCUT2D eigenvalue weighted by atomic mass is 16.4. The Labute approximate surface area is 142 Å². The average molecular weight is 334 g/mol. The average Bonchev–Trinajstić information content (AvgIpc) is 3.20. The lowest BCUT2D eigenvalue weighted by Crippen LogP contribution is -2.09. The van der Waals surface area contributed by atoms with Crippen LogP contribution in [0.5, 0.6) is 0 Å². The summed E-state index contributed by atoms with van der Waals surface area (Å²) in [7, 11) is 0. The van der Waals surface area contributed by atoms with E-state index in [4.69, 9.17) is 5.73 Å². The molecule has 0 amide bonds. The third-order valence-electron chi connectivity index (χ3n) is 3.85. The molecule has 0 saturated carbocycles. The van der Waals surface area contributed by atoms with Crippen LogP contribution in [-0.4, -0.2) is 35.5 Å². The molecule has 4 rings (SSSR count). The normalized spacial score (nSPS) is 11.0. The molecule has 8 heteroatoms. The van der Waals surface area contributed by atoms with Gasteiger partial charge in [0.05, 0.1) is 12.7 Å². The van der Waals surface area contributed by atoms with E-state index >= 15 is 0 Å². The minimum absolute atomic E-state index is 0.000890. The Morgan fingerprint density at radius 1 is 1.16 bits per heavy atom. The molecule has 124 valence electrons. The first-order chi connectivity index (χ1) is 12.1. The van der Waals surface area contributed by atoms with Crippen LogP contribution >= 0.6 is 0 Å². The largest absolute Gasteiger partial charge is 0.476 e. The molecule has 8 nitrogen and oxygen atoms in total. The van der Waals surface area contributed by atoms with Crippen molar-refractivity contribution in [2.75, 3.05) is 5.73 Å². The van der Waals surface area contributed by atoms with Crippen molar-refractivity contribution in [1.82, 2.24) is 24.4 Å². The van der Waals surface area contributed by atoms with Crippen LogP contribution < -0.4 is 5.73 Å². The first kappa shape index (κ1) is 14.9. The smallest absolute Gasteiger partial charge is 0.355 e. The molecule has 0 bridgehead atoms. The Kier molecular flexibility index (Phi) is 3.42. The molecule has 1 aromatic carbocycles. The Balaban J connectivity index is 1.77. The summed E-state index contributed by atoms with van der Waals surface area (Å²) < 4.78 is 3.00. The summed E-state index contributed by atoms with van der Waals surface area (Å²) >= 11 is 0. The molecular weight excluding hydrogens is 320 g/mol. The summed E-state index contributed by atoms with van der Waals surface area (Å²) in [6.45, 7) is 0.599. The zero-order valence-electron chi connectivity index (χ0n) is 13.1. The fourth-order valence-corrected chi connectivity index (χ4v) is 2.76. The number of pyridine rings is 1. The molecular formula is C17H14N6O2. The molecule has 0 spiro atoms. The van der Waals surface area contributed by atoms with Gasteiger partial charge in [-0.15, -0.1) is 5.10 Å². The van der Waals surface area contributed by atoms with Crippen LogP contribution in [0.2, 0.25) is 0 Å². The second-order valence-corrected chi connectivity index (χ2v) is 5.55. The minimum atomic E-state index is -1.11. The number of hydrogen-bond acceptors (Lipinski definition) is 5. The number of carbonyl (C=O) groups is 1. The maximum absolute atomic E-state index is 11.8. The second-order valence-electron chi connectivity index (χ2n) is 5.55. The van der Waals surface area contributed by atoms with E-state index in [-0.39, 0.29) is 11.6 Å². The van der Waals surface area contributed by atoms with E-state index < -0.39 is 5.97 Å². The lowest BCUT2D eigenvalue weighted by atomic mass is 10.1. The topological polar surface area (TPSA) is 111 Å². The van der Waals surface area contributed by atoms with Crippen LogP contribution in [0.4, 0.5) is 5.95 Å². The van der Waals surface area contributed by atoms with Crippen LogP contribution in [0, 0.1) is 0 Å². The Morgan fingerprint density at radius 3 is 2.72 bits per heavy atom. The van der Waals surface area contributed by atoms with E-state index in [0.29, 0.717) is 23.3 Å². The first-order valence-electron chi connectivity index (χ1n) is 7.57. The molecule has 0 fully saturated rings. The first-order valence-corrected chi connectivity index (χ1v) is 7.57. The number of nitrogens with two attached hydrogens (primary N) is 1. The van der Waals surface area contributed by atoms with Gasteiger partial charge in [0.15, 0.2) is 11.3 Å². The van der Waals surface area contributed by atoms with E-state index in [1.165, 1.54) is 4.52 Å². The summed E-state index contributed by atoms with van der Waals surface area (Å²) in [5.41, 5.74) is 8.27. The zero-order chi connectivity index (χ0) is 17.4.